The predicted molar refractivity (Wildman–Crippen MR) is 76.5 cm³/mol. The van der Waals surface area contributed by atoms with E-state index in [4.69, 9.17) is 0 Å². The fourth-order valence-electron chi connectivity index (χ4n) is 2.21. The summed E-state index contributed by atoms with van der Waals surface area (Å²) in [5, 5.41) is 12.4. The Balaban J connectivity index is 1.88. The largest absolute Gasteiger partial charge is 0.480 e. The van der Waals surface area contributed by atoms with Crippen molar-refractivity contribution in [2.45, 2.75) is 38.3 Å². The normalized spacial score (nSPS) is 16.1. The van der Waals surface area contributed by atoms with Crippen LogP contribution in [-0.4, -0.2) is 36.2 Å². The zero-order chi connectivity index (χ0) is 13.7. The first-order valence-corrected chi connectivity index (χ1v) is 6.99. The van der Waals surface area contributed by atoms with Gasteiger partial charge in [-0.05, 0) is 38.3 Å². The molecule has 1 aliphatic rings. The first kappa shape index (κ1) is 13.9. The van der Waals surface area contributed by atoms with Gasteiger partial charge in [0.1, 0.15) is 6.04 Å². The number of hydrogen-bond acceptors (Lipinski definition) is 3. The van der Waals surface area contributed by atoms with Crippen molar-refractivity contribution in [3.63, 3.8) is 0 Å². The van der Waals surface area contributed by atoms with Gasteiger partial charge in [-0.25, -0.2) is 0 Å². The minimum Gasteiger partial charge on any atom is -0.480 e. The number of nitrogens with zero attached hydrogens (tertiary/aromatic N) is 1. The topological polar surface area (TPSA) is 52.6 Å². The fourth-order valence-corrected chi connectivity index (χ4v) is 2.21. The van der Waals surface area contributed by atoms with Crippen molar-refractivity contribution in [1.29, 1.82) is 0 Å². The molecule has 4 heteroatoms. The molecule has 4 nitrogen and oxygen atoms in total. The summed E-state index contributed by atoms with van der Waals surface area (Å²) in [6.45, 7) is 3.74. The van der Waals surface area contributed by atoms with E-state index in [1.54, 1.807) is 0 Å². The number of para-hydroxylation sites is 1. The molecular weight excluding hydrogens is 240 g/mol. The van der Waals surface area contributed by atoms with Crippen molar-refractivity contribution in [2.75, 3.05) is 18.0 Å². The molecule has 0 amide bonds. The summed E-state index contributed by atoms with van der Waals surface area (Å²) >= 11 is 0. The summed E-state index contributed by atoms with van der Waals surface area (Å²) in [7, 11) is 0. The molecule has 0 spiro atoms. The fraction of sp³-hybridized carbons (Fsp3) is 0.533. The summed E-state index contributed by atoms with van der Waals surface area (Å²) in [4.78, 5) is 13.4. The Morgan fingerprint density at radius 1 is 1.42 bits per heavy atom. The Morgan fingerprint density at radius 3 is 2.63 bits per heavy atom. The van der Waals surface area contributed by atoms with E-state index in [9.17, 15) is 9.90 Å². The summed E-state index contributed by atoms with van der Waals surface area (Å²) in [5.74, 6) is -0.740. The molecule has 1 fully saturated rings. The Morgan fingerprint density at radius 2 is 2.11 bits per heavy atom. The minimum absolute atomic E-state index is 0.424. The number of rotatable bonds is 8. The van der Waals surface area contributed by atoms with Gasteiger partial charge < -0.3 is 15.3 Å². The second-order valence-electron chi connectivity index (χ2n) is 5.04. The Bertz CT molecular complexity index is 404. The van der Waals surface area contributed by atoms with Gasteiger partial charge >= 0.3 is 5.97 Å². The third-order valence-electron chi connectivity index (χ3n) is 3.50. The lowest BCUT2D eigenvalue weighted by atomic mass is 10.2. The Kier molecular flexibility index (Phi) is 4.80. The maximum absolute atomic E-state index is 11.2. The van der Waals surface area contributed by atoms with E-state index >= 15 is 0 Å². The lowest BCUT2D eigenvalue weighted by Gasteiger charge is -2.25. The first-order valence-electron chi connectivity index (χ1n) is 6.99. The average Bonchev–Trinajstić information content (AvgIpc) is 3.23. The quantitative estimate of drug-likeness (QED) is 0.753. The van der Waals surface area contributed by atoms with Gasteiger partial charge in [-0.3, -0.25) is 4.79 Å². The van der Waals surface area contributed by atoms with E-state index in [2.05, 4.69) is 29.3 Å². The monoisotopic (exact) mass is 262 g/mol. The van der Waals surface area contributed by atoms with E-state index in [1.807, 2.05) is 18.2 Å². The molecule has 0 aliphatic heterocycles. The number of carbonyl (C=O) groups is 1. The van der Waals surface area contributed by atoms with Crippen LogP contribution in [0, 0.1) is 0 Å². The highest BCUT2D eigenvalue weighted by molar-refractivity contribution is 5.73. The molecule has 1 unspecified atom stereocenters. The van der Waals surface area contributed by atoms with Gasteiger partial charge in [-0.2, -0.15) is 0 Å². The zero-order valence-electron chi connectivity index (χ0n) is 11.4. The molecule has 0 radical (unpaired) electrons. The van der Waals surface area contributed by atoms with Crippen LogP contribution in [0.4, 0.5) is 5.69 Å². The molecule has 1 aliphatic carbocycles. The molecule has 2 N–H and O–H groups in total. The lowest BCUT2D eigenvalue weighted by molar-refractivity contribution is -0.139. The molecule has 0 saturated heterocycles. The number of carboxylic acids is 1. The molecule has 0 bridgehead atoms. The molecule has 19 heavy (non-hydrogen) atoms. The SMILES string of the molecule is CCN(CCC(NC1CC1)C(=O)O)c1ccccc1. The van der Waals surface area contributed by atoms with Crippen LogP contribution in [0.5, 0.6) is 0 Å². The maximum atomic E-state index is 11.2. The summed E-state index contributed by atoms with van der Waals surface area (Å²) in [5.41, 5.74) is 1.15. The van der Waals surface area contributed by atoms with Crippen LogP contribution in [-0.2, 0) is 4.79 Å². The molecule has 0 aromatic heterocycles. The molecule has 1 atom stereocenters. The van der Waals surface area contributed by atoms with Crippen molar-refractivity contribution >= 4 is 11.7 Å². The van der Waals surface area contributed by atoms with Crippen LogP contribution in [0.25, 0.3) is 0 Å². The van der Waals surface area contributed by atoms with E-state index < -0.39 is 12.0 Å². The maximum Gasteiger partial charge on any atom is 0.320 e. The first-order chi connectivity index (χ1) is 9.20. The molecule has 0 heterocycles. The van der Waals surface area contributed by atoms with Crippen LogP contribution >= 0.6 is 0 Å². The molecule has 1 saturated carbocycles. The van der Waals surface area contributed by atoms with Gasteiger partial charge in [0, 0.05) is 24.8 Å². The molecule has 104 valence electrons. The van der Waals surface area contributed by atoms with Crippen LogP contribution < -0.4 is 10.2 Å². The number of aliphatic carboxylic acids is 1. The minimum atomic E-state index is -0.740. The van der Waals surface area contributed by atoms with Gasteiger partial charge in [-0.15, -0.1) is 0 Å². The summed E-state index contributed by atoms with van der Waals surface area (Å²) < 4.78 is 0. The van der Waals surface area contributed by atoms with Crippen molar-refractivity contribution in [3.05, 3.63) is 30.3 Å². The number of anilines is 1. The van der Waals surface area contributed by atoms with E-state index in [-0.39, 0.29) is 0 Å². The average molecular weight is 262 g/mol. The van der Waals surface area contributed by atoms with Crippen LogP contribution in [0.2, 0.25) is 0 Å². The van der Waals surface area contributed by atoms with Crippen molar-refractivity contribution in [3.8, 4) is 0 Å². The number of hydrogen-bond donors (Lipinski definition) is 2. The predicted octanol–water partition coefficient (Wildman–Crippen LogP) is 2.11. The van der Waals surface area contributed by atoms with Gasteiger partial charge in [0.2, 0.25) is 0 Å². The van der Waals surface area contributed by atoms with Gasteiger partial charge in [-0.1, -0.05) is 18.2 Å². The second-order valence-corrected chi connectivity index (χ2v) is 5.04. The summed E-state index contributed by atoms with van der Waals surface area (Å²) in [6.07, 6.45) is 2.86. The molecule has 1 aromatic carbocycles. The van der Waals surface area contributed by atoms with Crippen LogP contribution in [0.1, 0.15) is 26.2 Å². The van der Waals surface area contributed by atoms with Crippen molar-refractivity contribution in [2.24, 2.45) is 0 Å². The lowest BCUT2D eigenvalue weighted by Crippen LogP contribution is -2.41. The van der Waals surface area contributed by atoms with Crippen LogP contribution in [0.3, 0.4) is 0 Å². The zero-order valence-corrected chi connectivity index (χ0v) is 11.4. The van der Waals surface area contributed by atoms with Gasteiger partial charge in [0.15, 0.2) is 0 Å². The molecular formula is C15H22N2O2. The van der Waals surface area contributed by atoms with Crippen LogP contribution in [0.15, 0.2) is 30.3 Å². The number of carboxylic acid groups (broad SMARTS) is 1. The third kappa shape index (κ3) is 4.24. The van der Waals surface area contributed by atoms with E-state index in [0.29, 0.717) is 12.5 Å². The Hall–Kier alpha value is -1.55. The number of benzene rings is 1. The smallest absolute Gasteiger partial charge is 0.320 e. The van der Waals surface area contributed by atoms with Gasteiger partial charge in [0.25, 0.3) is 0 Å². The molecule has 2 rings (SSSR count). The standard InChI is InChI=1S/C15H22N2O2/c1-2-17(13-6-4-3-5-7-13)11-10-14(15(18)19)16-12-8-9-12/h3-7,12,14,16H,2,8-11H2,1H3,(H,18,19). The number of nitrogens with one attached hydrogen (secondary N) is 1. The van der Waals surface area contributed by atoms with Crippen molar-refractivity contribution < 1.29 is 9.90 Å². The highest BCUT2D eigenvalue weighted by atomic mass is 16.4. The van der Waals surface area contributed by atoms with Crippen molar-refractivity contribution in [1.82, 2.24) is 5.32 Å². The Labute approximate surface area is 114 Å². The summed E-state index contributed by atoms with van der Waals surface area (Å²) in [6, 6.07) is 10.1. The van der Waals surface area contributed by atoms with E-state index in [0.717, 1.165) is 31.6 Å². The van der Waals surface area contributed by atoms with Gasteiger partial charge in [0.05, 0.1) is 0 Å². The second kappa shape index (κ2) is 6.57. The highest BCUT2D eigenvalue weighted by Crippen LogP contribution is 2.20. The third-order valence-corrected chi connectivity index (χ3v) is 3.50. The van der Waals surface area contributed by atoms with E-state index in [1.165, 1.54) is 0 Å². The molecule has 1 aromatic rings. The highest BCUT2D eigenvalue weighted by Gasteiger charge is 2.28.